The third kappa shape index (κ3) is 5.56. The maximum Gasteiger partial charge on any atom is 0.163 e. The van der Waals surface area contributed by atoms with E-state index in [1.165, 1.54) is 13.8 Å². The monoisotopic (exact) mass is 356 g/mol. The molecule has 144 valence electrons. The summed E-state index contributed by atoms with van der Waals surface area (Å²) in [6, 6.07) is 0. The summed E-state index contributed by atoms with van der Waals surface area (Å²) in [5.74, 6) is 0. The first-order valence-electron chi connectivity index (χ1n) is 7.77. The van der Waals surface area contributed by atoms with E-state index in [-0.39, 0.29) is 6.42 Å². The van der Waals surface area contributed by atoms with Crippen molar-refractivity contribution in [1.82, 2.24) is 0 Å². The van der Waals surface area contributed by atoms with Crippen LogP contribution >= 0.6 is 0 Å². The lowest BCUT2D eigenvalue weighted by atomic mass is 9.95. The minimum atomic E-state index is -1.47. The zero-order valence-corrected chi connectivity index (χ0v) is 13.7. The van der Waals surface area contributed by atoms with Crippen molar-refractivity contribution in [2.45, 2.75) is 75.4 Å². The molecule has 1 fully saturated rings. The van der Waals surface area contributed by atoms with Gasteiger partial charge < -0.3 is 50.0 Å². The summed E-state index contributed by atoms with van der Waals surface area (Å²) in [5, 5.41) is 67.0. The number of hydrogen-bond acceptors (Lipinski definition) is 10. The van der Waals surface area contributed by atoms with Crippen LogP contribution in [0.5, 0.6) is 0 Å². The Hall–Kier alpha value is -0.400. The van der Waals surface area contributed by atoms with Crippen LogP contribution in [0, 0.1) is 0 Å². The first kappa shape index (κ1) is 21.6. The lowest BCUT2D eigenvalue weighted by Crippen LogP contribution is -2.59. The zero-order valence-electron chi connectivity index (χ0n) is 13.7. The summed E-state index contributed by atoms with van der Waals surface area (Å²) in [5.41, 5.74) is 0. The predicted octanol–water partition coefficient (Wildman–Crippen LogP) is -3.34. The molecule has 0 amide bonds. The molecule has 7 N–H and O–H groups in total. The molecule has 9 atom stereocenters. The molecule has 0 aromatic heterocycles. The molecule has 0 spiro atoms. The molecular weight excluding hydrogens is 328 g/mol. The van der Waals surface area contributed by atoms with Gasteiger partial charge >= 0.3 is 0 Å². The van der Waals surface area contributed by atoms with Crippen molar-refractivity contribution in [1.29, 1.82) is 0 Å². The van der Waals surface area contributed by atoms with Gasteiger partial charge in [0.15, 0.2) is 6.29 Å². The van der Waals surface area contributed by atoms with Gasteiger partial charge in [-0.25, -0.2) is 0 Å². The highest BCUT2D eigenvalue weighted by Gasteiger charge is 2.44. The van der Waals surface area contributed by atoms with Crippen molar-refractivity contribution in [2.75, 3.05) is 13.4 Å². The topological polar surface area (TPSA) is 169 Å². The zero-order chi connectivity index (χ0) is 18.4. The van der Waals surface area contributed by atoms with Crippen LogP contribution in [0.4, 0.5) is 0 Å². The molecule has 10 nitrogen and oxygen atoms in total. The molecule has 1 saturated heterocycles. The van der Waals surface area contributed by atoms with Crippen LogP contribution in [0.3, 0.4) is 0 Å². The van der Waals surface area contributed by atoms with E-state index in [1.54, 1.807) is 0 Å². The van der Waals surface area contributed by atoms with E-state index in [1.807, 2.05) is 0 Å². The summed E-state index contributed by atoms with van der Waals surface area (Å²) in [6.45, 7) is 1.55. The van der Waals surface area contributed by atoms with Gasteiger partial charge in [-0.2, -0.15) is 0 Å². The van der Waals surface area contributed by atoms with E-state index in [0.717, 1.165) is 0 Å². The number of aliphatic hydroxyl groups excluding tert-OH is 7. The van der Waals surface area contributed by atoms with Crippen LogP contribution in [0.1, 0.15) is 20.3 Å². The summed E-state index contributed by atoms with van der Waals surface area (Å²) < 4.78 is 15.7. The Kier molecular flexibility index (Phi) is 8.95. The van der Waals surface area contributed by atoms with Gasteiger partial charge in [-0.3, -0.25) is 0 Å². The van der Waals surface area contributed by atoms with Crippen molar-refractivity contribution in [2.24, 2.45) is 0 Å². The summed E-state index contributed by atoms with van der Waals surface area (Å²) in [6.07, 6.45) is -11.2. The van der Waals surface area contributed by atoms with Gasteiger partial charge in [-0.15, -0.1) is 0 Å². The Labute approximate surface area is 139 Å². The molecule has 24 heavy (non-hydrogen) atoms. The van der Waals surface area contributed by atoms with Crippen LogP contribution in [0.15, 0.2) is 0 Å². The van der Waals surface area contributed by atoms with E-state index >= 15 is 0 Å². The summed E-state index contributed by atoms with van der Waals surface area (Å²) in [7, 11) is 0. The predicted molar refractivity (Wildman–Crippen MR) is 78.6 cm³/mol. The van der Waals surface area contributed by atoms with Gasteiger partial charge in [0, 0.05) is 6.42 Å². The molecule has 4 unspecified atom stereocenters. The van der Waals surface area contributed by atoms with Gasteiger partial charge in [0.05, 0.1) is 24.9 Å². The van der Waals surface area contributed by atoms with Crippen molar-refractivity contribution in [3.63, 3.8) is 0 Å². The van der Waals surface area contributed by atoms with Crippen LogP contribution in [0.25, 0.3) is 0 Å². The largest absolute Gasteiger partial charge is 0.394 e. The summed E-state index contributed by atoms with van der Waals surface area (Å²) in [4.78, 5) is 0. The third-order valence-electron chi connectivity index (χ3n) is 4.00. The van der Waals surface area contributed by atoms with Crippen LogP contribution < -0.4 is 0 Å². The molecule has 0 bridgehead atoms. The fraction of sp³-hybridized carbons (Fsp3) is 1.00. The third-order valence-corrected chi connectivity index (χ3v) is 4.00. The van der Waals surface area contributed by atoms with Gasteiger partial charge in [0.25, 0.3) is 0 Å². The fourth-order valence-electron chi connectivity index (χ4n) is 2.52. The van der Waals surface area contributed by atoms with E-state index in [4.69, 9.17) is 19.3 Å². The molecule has 0 radical (unpaired) electrons. The maximum atomic E-state index is 10.1. The Morgan fingerprint density at radius 1 is 1.08 bits per heavy atom. The van der Waals surface area contributed by atoms with Gasteiger partial charge in [-0.05, 0) is 13.8 Å². The Balaban J connectivity index is 2.77. The fourth-order valence-corrected chi connectivity index (χ4v) is 2.52. The second-order valence-corrected chi connectivity index (χ2v) is 5.90. The number of rotatable bonds is 9. The second-order valence-electron chi connectivity index (χ2n) is 5.90. The van der Waals surface area contributed by atoms with Crippen molar-refractivity contribution < 1.29 is 50.0 Å². The first-order chi connectivity index (χ1) is 11.2. The van der Waals surface area contributed by atoms with Gasteiger partial charge in [-0.1, -0.05) is 0 Å². The van der Waals surface area contributed by atoms with E-state index in [9.17, 15) is 30.6 Å². The van der Waals surface area contributed by atoms with Crippen LogP contribution in [-0.2, 0) is 14.2 Å². The highest BCUT2D eigenvalue weighted by Crippen LogP contribution is 2.25. The number of ether oxygens (including phenoxy) is 3. The number of hydrogen-bond donors (Lipinski definition) is 7. The van der Waals surface area contributed by atoms with Crippen molar-refractivity contribution in [3.8, 4) is 0 Å². The molecule has 0 aliphatic carbocycles. The highest BCUT2D eigenvalue weighted by atomic mass is 16.7. The molecule has 1 aliphatic heterocycles. The molecule has 10 heteroatoms. The Morgan fingerprint density at radius 3 is 2.21 bits per heavy atom. The normalized spacial score (nSPS) is 36.1. The average Bonchev–Trinajstić information content (AvgIpc) is 2.54. The van der Waals surface area contributed by atoms with Crippen molar-refractivity contribution >= 4 is 0 Å². The van der Waals surface area contributed by atoms with E-state index in [2.05, 4.69) is 0 Å². The average molecular weight is 356 g/mol. The van der Waals surface area contributed by atoms with Gasteiger partial charge in [0.2, 0.25) is 0 Å². The maximum absolute atomic E-state index is 10.1. The Morgan fingerprint density at radius 2 is 1.71 bits per heavy atom. The minimum Gasteiger partial charge on any atom is -0.394 e. The first-order valence-corrected chi connectivity index (χ1v) is 7.77. The molecule has 1 aliphatic rings. The smallest absolute Gasteiger partial charge is 0.163 e. The Bertz CT molecular complexity index is 352. The van der Waals surface area contributed by atoms with Gasteiger partial charge in [0.1, 0.15) is 37.3 Å². The SMILES string of the molecule is CC(O)[C@H](O)[C@H](O)C[C@H](OCO)O[C@H]1C(CO)O[C@@H](C)C(O)C1O. The van der Waals surface area contributed by atoms with Crippen LogP contribution in [0.2, 0.25) is 0 Å². The quantitative estimate of drug-likeness (QED) is 0.207. The lowest BCUT2D eigenvalue weighted by Gasteiger charge is -2.42. The molecule has 0 aromatic carbocycles. The number of aliphatic hydroxyl groups is 7. The van der Waals surface area contributed by atoms with Crippen molar-refractivity contribution in [3.05, 3.63) is 0 Å². The molecule has 0 saturated carbocycles. The second kappa shape index (κ2) is 9.92. The van der Waals surface area contributed by atoms with Crippen LogP contribution in [-0.4, -0.2) is 104 Å². The van der Waals surface area contributed by atoms with E-state index < -0.39 is 68.5 Å². The molecule has 1 heterocycles. The standard InChI is InChI=1S/C14H28O10/c1-6(17)11(19)8(18)3-10(22-5-16)24-14-9(4-15)23-7(2)12(20)13(14)21/h6-21H,3-5H2,1-2H3/t6?,7-,8+,9?,10+,11-,12?,13?,14-/m0/s1. The lowest BCUT2D eigenvalue weighted by molar-refractivity contribution is -0.293. The molecular formula is C14H28O10. The van der Waals surface area contributed by atoms with E-state index in [0.29, 0.717) is 0 Å². The minimum absolute atomic E-state index is 0.334. The molecule has 1 rings (SSSR count). The highest BCUT2D eigenvalue weighted by molar-refractivity contribution is 4.92. The summed E-state index contributed by atoms with van der Waals surface area (Å²) >= 11 is 0. The molecule has 0 aromatic rings.